The molecule has 0 saturated heterocycles. The van der Waals surface area contributed by atoms with Crippen LogP contribution in [0.1, 0.15) is 37.8 Å². The van der Waals surface area contributed by atoms with Crippen molar-refractivity contribution in [3.63, 3.8) is 0 Å². The molecule has 4 rings (SSSR count). The number of aromatic nitrogens is 2. The first-order valence-corrected chi connectivity index (χ1v) is 7.89. The van der Waals surface area contributed by atoms with Crippen molar-refractivity contribution in [3.05, 3.63) is 42.1 Å². The molecule has 2 aromatic rings. The molecule has 0 unspecified atom stereocenters. The second-order valence-corrected chi connectivity index (χ2v) is 5.85. The Morgan fingerprint density at radius 3 is 2.50 bits per heavy atom. The highest BCUT2D eigenvalue weighted by Gasteiger charge is 2.20. The van der Waals surface area contributed by atoms with Gasteiger partial charge in [-0.3, -0.25) is 0 Å². The van der Waals surface area contributed by atoms with Crippen LogP contribution in [-0.4, -0.2) is 10.2 Å². The van der Waals surface area contributed by atoms with E-state index in [-0.39, 0.29) is 0 Å². The fourth-order valence-electron chi connectivity index (χ4n) is 3.01. The standard InChI is InChI=1S/C18H18N2O2/c1-2-6-13(7-3-1)10-11-14-12-17-18(20-19-14)22-16-9-5-4-8-15(16)21-17/h4-5,8-13H,1-3,6-7H2/b11-10+. The van der Waals surface area contributed by atoms with Crippen LogP contribution in [0.2, 0.25) is 0 Å². The first-order valence-electron chi connectivity index (χ1n) is 7.89. The number of ether oxygens (including phenoxy) is 2. The average molecular weight is 294 g/mol. The van der Waals surface area contributed by atoms with Gasteiger partial charge in [-0.25, -0.2) is 0 Å². The van der Waals surface area contributed by atoms with Gasteiger partial charge in [0.15, 0.2) is 17.2 Å². The molecule has 112 valence electrons. The smallest absolute Gasteiger partial charge is 0.282 e. The van der Waals surface area contributed by atoms with E-state index in [1.807, 2.05) is 36.4 Å². The van der Waals surface area contributed by atoms with Crippen molar-refractivity contribution in [2.45, 2.75) is 32.1 Å². The van der Waals surface area contributed by atoms with Gasteiger partial charge in [0.25, 0.3) is 5.88 Å². The average Bonchev–Trinajstić information content (AvgIpc) is 2.59. The topological polar surface area (TPSA) is 44.2 Å². The molecule has 0 bridgehead atoms. The van der Waals surface area contributed by atoms with Crippen LogP contribution < -0.4 is 9.47 Å². The molecule has 4 nitrogen and oxygen atoms in total. The zero-order chi connectivity index (χ0) is 14.8. The van der Waals surface area contributed by atoms with Crippen LogP contribution >= 0.6 is 0 Å². The summed E-state index contributed by atoms with van der Waals surface area (Å²) < 4.78 is 11.6. The van der Waals surface area contributed by atoms with E-state index in [0.29, 0.717) is 29.0 Å². The van der Waals surface area contributed by atoms with E-state index in [0.717, 1.165) is 5.69 Å². The van der Waals surface area contributed by atoms with Gasteiger partial charge in [0.05, 0.1) is 5.69 Å². The number of rotatable bonds is 2. The Kier molecular flexibility index (Phi) is 3.51. The molecule has 1 aromatic carbocycles. The zero-order valence-corrected chi connectivity index (χ0v) is 12.4. The molecule has 1 fully saturated rings. The highest BCUT2D eigenvalue weighted by atomic mass is 16.6. The van der Waals surface area contributed by atoms with Crippen LogP contribution in [0.25, 0.3) is 6.08 Å². The molecular weight excluding hydrogens is 276 g/mol. The summed E-state index contributed by atoms with van der Waals surface area (Å²) in [4.78, 5) is 0. The minimum atomic E-state index is 0.425. The van der Waals surface area contributed by atoms with Gasteiger partial charge in [0.2, 0.25) is 0 Å². The Labute approximate surface area is 129 Å². The molecule has 1 aliphatic carbocycles. The normalized spacial score (nSPS) is 17.5. The number of para-hydroxylation sites is 2. The minimum absolute atomic E-state index is 0.425. The summed E-state index contributed by atoms with van der Waals surface area (Å²) in [6.07, 6.45) is 10.9. The summed E-state index contributed by atoms with van der Waals surface area (Å²) in [6.45, 7) is 0. The van der Waals surface area contributed by atoms with Gasteiger partial charge < -0.3 is 9.47 Å². The first-order chi connectivity index (χ1) is 10.9. The van der Waals surface area contributed by atoms with Gasteiger partial charge in [-0.05, 0) is 37.0 Å². The summed E-state index contributed by atoms with van der Waals surface area (Å²) in [6, 6.07) is 9.46. The molecule has 1 aliphatic heterocycles. The van der Waals surface area contributed by atoms with E-state index < -0.39 is 0 Å². The Morgan fingerprint density at radius 2 is 1.68 bits per heavy atom. The van der Waals surface area contributed by atoms with Crippen molar-refractivity contribution in [1.82, 2.24) is 10.2 Å². The van der Waals surface area contributed by atoms with E-state index in [2.05, 4.69) is 16.3 Å². The number of hydrogen-bond acceptors (Lipinski definition) is 4. The van der Waals surface area contributed by atoms with E-state index in [4.69, 9.17) is 9.47 Å². The second-order valence-electron chi connectivity index (χ2n) is 5.85. The number of hydrogen-bond donors (Lipinski definition) is 0. The van der Waals surface area contributed by atoms with Crippen molar-refractivity contribution in [2.75, 3.05) is 0 Å². The molecule has 2 heterocycles. The monoisotopic (exact) mass is 294 g/mol. The molecule has 0 radical (unpaired) electrons. The van der Waals surface area contributed by atoms with E-state index in [1.165, 1.54) is 32.1 Å². The maximum absolute atomic E-state index is 5.85. The molecule has 22 heavy (non-hydrogen) atoms. The Hall–Kier alpha value is -2.36. The predicted octanol–water partition coefficient (Wildman–Crippen LogP) is 4.97. The van der Waals surface area contributed by atoms with Crippen molar-refractivity contribution in [2.24, 2.45) is 5.92 Å². The fraction of sp³-hybridized carbons (Fsp3) is 0.333. The molecule has 1 aromatic heterocycles. The first kappa shape index (κ1) is 13.3. The number of nitrogens with zero attached hydrogens (tertiary/aromatic N) is 2. The van der Waals surface area contributed by atoms with Gasteiger partial charge in [-0.15, -0.1) is 10.2 Å². The van der Waals surface area contributed by atoms with Gasteiger partial charge in [0, 0.05) is 6.07 Å². The van der Waals surface area contributed by atoms with Gasteiger partial charge in [0.1, 0.15) is 0 Å². The SMILES string of the molecule is C(=C\C1CCCCC1)/c1cc2c(nn1)Oc1ccccc1O2. The van der Waals surface area contributed by atoms with Gasteiger partial charge >= 0.3 is 0 Å². The van der Waals surface area contributed by atoms with Crippen LogP contribution in [0.4, 0.5) is 0 Å². The van der Waals surface area contributed by atoms with Gasteiger partial charge in [-0.1, -0.05) is 37.5 Å². The maximum atomic E-state index is 5.85. The summed E-state index contributed by atoms with van der Waals surface area (Å²) in [5, 5.41) is 8.34. The molecule has 4 heteroatoms. The van der Waals surface area contributed by atoms with Crippen LogP contribution in [-0.2, 0) is 0 Å². The highest BCUT2D eigenvalue weighted by Crippen LogP contribution is 2.43. The van der Waals surface area contributed by atoms with E-state index in [9.17, 15) is 0 Å². The lowest BCUT2D eigenvalue weighted by atomic mass is 9.89. The lowest BCUT2D eigenvalue weighted by Crippen LogP contribution is -2.04. The summed E-state index contributed by atoms with van der Waals surface area (Å²) >= 11 is 0. The van der Waals surface area contributed by atoms with Crippen LogP contribution in [0, 0.1) is 5.92 Å². The summed E-state index contributed by atoms with van der Waals surface area (Å²) in [5.41, 5.74) is 0.812. The van der Waals surface area contributed by atoms with E-state index in [1.54, 1.807) is 0 Å². The van der Waals surface area contributed by atoms with Gasteiger partial charge in [-0.2, -0.15) is 0 Å². The molecular formula is C18H18N2O2. The molecule has 2 aliphatic rings. The Bertz CT molecular complexity index is 706. The zero-order valence-electron chi connectivity index (χ0n) is 12.4. The molecule has 1 saturated carbocycles. The predicted molar refractivity (Wildman–Crippen MR) is 84.2 cm³/mol. The number of benzene rings is 1. The Morgan fingerprint density at radius 1 is 0.909 bits per heavy atom. The van der Waals surface area contributed by atoms with Crippen LogP contribution in [0.3, 0.4) is 0 Å². The lowest BCUT2D eigenvalue weighted by Gasteiger charge is -2.19. The molecule has 0 amide bonds. The summed E-state index contributed by atoms with van der Waals surface area (Å²) in [7, 11) is 0. The number of fused-ring (bicyclic) bond motifs is 2. The van der Waals surface area contributed by atoms with E-state index >= 15 is 0 Å². The third kappa shape index (κ3) is 2.69. The Balaban J connectivity index is 1.54. The molecule has 0 atom stereocenters. The molecule has 0 spiro atoms. The van der Waals surface area contributed by atoms with Crippen molar-refractivity contribution < 1.29 is 9.47 Å². The third-order valence-electron chi connectivity index (χ3n) is 4.21. The molecule has 0 N–H and O–H groups in total. The lowest BCUT2D eigenvalue weighted by molar-refractivity contribution is 0.343. The van der Waals surface area contributed by atoms with Crippen molar-refractivity contribution in [3.8, 4) is 23.1 Å². The van der Waals surface area contributed by atoms with Crippen molar-refractivity contribution in [1.29, 1.82) is 0 Å². The second kappa shape index (κ2) is 5.79. The van der Waals surface area contributed by atoms with Crippen LogP contribution in [0.15, 0.2) is 36.4 Å². The minimum Gasteiger partial charge on any atom is -0.448 e. The largest absolute Gasteiger partial charge is 0.448 e. The van der Waals surface area contributed by atoms with Crippen molar-refractivity contribution >= 4 is 6.08 Å². The third-order valence-corrected chi connectivity index (χ3v) is 4.21. The fourth-order valence-corrected chi connectivity index (χ4v) is 3.01. The quantitative estimate of drug-likeness (QED) is 0.669. The summed E-state index contributed by atoms with van der Waals surface area (Å²) in [5.74, 6) is 3.11. The van der Waals surface area contributed by atoms with Crippen LogP contribution in [0.5, 0.6) is 23.1 Å². The highest BCUT2D eigenvalue weighted by molar-refractivity contribution is 5.55. The number of allylic oxidation sites excluding steroid dienone is 1. The maximum Gasteiger partial charge on any atom is 0.282 e.